The van der Waals surface area contributed by atoms with Crippen LogP contribution < -0.4 is 5.32 Å². The number of carbonyl (C=O) groups is 1. The van der Waals surface area contributed by atoms with E-state index in [0.717, 1.165) is 12.1 Å². The van der Waals surface area contributed by atoms with Crippen molar-refractivity contribution in [1.29, 1.82) is 0 Å². The fourth-order valence-electron chi connectivity index (χ4n) is 2.19. The Kier molecular flexibility index (Phi) is 4.63. The van der Waals surface area contributed by atoms with Gasteiger partial charge in [-0.15, -0.1) is 0 Å². The average molecular weight is 323 g/mol. The van der Waals surface area contributed by atoms with Gasteiger partial charge in [-0.3, -0.25) is 0 Å². The Bertz CT molecular complexity index is 537. The summed E-state index contributed by atoms with van der Waals surface area (Å²) in [6, 6.07) is 2.49. The number of hydrogen-bond acceptors (Lipinski definition) is 2. The van der Waals surface area contributed by atoms with Gasteiger partial charge in [-0.1, -0.05) is 11.6 Å². The molecule has 1 aromatic carbocycles. The number of likely N-dealkylation sites (tertiary alicyclic amines) is 1. The molecule has 1 unspecified atom stereocenters. The molecule has 4 nitrogen and oxygen atoms in total. The summed E-state index contributed by atoms with van der Waals surface area (Å²) in [5.41, 5.74) is -1.35. The highest BCUT2D eigenvalue weighted by Crippen LogP contribution is 2.36. The van der Waals surface area contributed by atoms with Gasteiger partial charge in [0.25, 0.3) is 0 Å². The maximum Gasteiger partial charge on any atom is 0.418 e. The predicted octanol–water partition coefficient (Wildman–Crippen LogP) is 3.35. The molecule has 116 valence electrons. The lowest BCUT2D eigenvalue weighted by Crippen LogP contribution is -2.44. The van der Waals surface area contributed by atoms with Crippen LogP contribution in [0.2, 0.25) is 5.02 Å². The van der Waals surface area contributed by atoms with Crippen molar-refractivity contribution in [3.05, 3.63) is 28.8 Å². The van der Waals surface area contributed by atoms with E-state index in [1.54, 1.807) is 0 Å². The lowest BCUT2D eigenvalue weighted by molar-refractivity contribution is -0.136. The second-order valence-electron chi connectivity index (χ2n) is 4.86. The highest BCUT2D eigenvalue weighted by Gasteiger charge is 2.34. The summed E-state index contributed by atoms with van der Waals surface area (Å²) in [5.74, 6) is 0. The number of nitrogens with zero attached hydrogens (tertiary/aromatic N) is 1. The first-order chi connectivity index (χ1) is 9.77. The van der Waals surface area contributed by atoms with Crippen molar-refractivity contribution in [2.24, 2.45) is 0 Å². The topological polar surface area (TPSA) is 52.6 Å². The Hall–Kier alpha value is -1.47. The van der Waals surface area contributed by atoms with Gasteiger partial charge in [0.2, 0.25) is 0 Å². The van der Waals surface area contributed by atoms with Crippen molar-refractivity contribution in [3.8, 4) is 0 Å². The average Bonchev–Trinajstić information content (AvgIpc) is 2.39. The van der Waals surface area contributed by atoms with Crippen molar-refractivity contribution >= 4 is 23.3 Å². The van der Waals surface area contributed by atoms with Crippen LogP contribution in [-0.2, 0) is 6.18 Å². The molecule has 1 heterocycles. The number of urea groups is 1. The number of hydrogen-bond donors (Lipinski definition) is 2. The molecule has 0 spiro atoms. The van der Waals surface area contributed by atoms with Crippen LogP contribution in [0.4, 0.5) is 23.7 Å². The smallest absolute Gasteiger partial charge is 0.391 e. The van der Waals surface area contributed by atoms with E-state index in [2.05, 4.69) is 5.32 Å². The summed E-state index contributed by atoms with van der Waals surface area (Å²) < 4.78 is 38.8. The van der Waals surface area contributed by atoms with Crippen molar-refractivity contribution < 1.29 is 23.1 Å². The molecule has 1 aliphatic rings. The number of aliphatic hydroxyl groups excluding tert-OH is 1. The molecule has 0 saturated carbocycles. The largest absolute Gasteiger partial charge is 0.418 e. The lowest BCUT2D eigenvalue weighted by Gasteiger charge is -2.30. The normalized spacial score (nSPS) is 19.5. The van der Waals surface area contributed by atoms with Gasteiger partial charge < -0.3 is 15.3 Å². The van der Waals surface area contributed by atoms with E-state index in [9.17, 15) is 23.1 Å². The van der Waals surface area contributed by atoms with E-state index in [1.807, 2.05) is 0 Å². The number of benzene rings is 1. The lowest BCUT2D eigenvalue weighted by atomic mass is 10.1. The van der Waals surface area contributed by atoms with Crippen molar-refractivity contribution in [2.75, 3.05) is 18.4 Å². The van der Waals surface area contributed by atoms with Gasteiger partial charge in [0.05, 0.1) is 17.4 Å². The highest BCUT2D eigenvalue weighted by molar-refractivity contribution is 6.30. The van der Waals surface area contributed by atoms with Gasteiger partial charge in [-0.2, -0.15) is 13.2 Å². The number of anilines is 1. The van der Waals surface area contributed by atoms with Crippen LogP contribution in [0.25, 0.3) is 0 Å². The molecule has 21 heavy (non-hydrogen) atoms. The number of amides is 2. The molecule has 1 aliphatic heterocycles. The molecular formula is C13H14ClF3N2O2. The molecule has 8 heteroatoms. The summed E-state index contributed by atoms with van der Waals surface area (Å²) in [4.78, 5) is 13.3. The van der Waals surface area contributed by atoms with Crippen LogP contribution in [0.5, 0.6) is 0 Å². The fraction of sp³-hybridized carbons (Fsp3) is 0.462. The van der Waals surface area contributed by atoms with E-state index in [-0.39, 0.29) is 17.3 Å². The Morgan fingerprint density at radius 3 is 2.76 bits per heavy atom. The zero-order chi connectivity index (χ0) is 15.6. The van der Waals surface area contributed by atoms with Gasteiger partial charge in [0, 0.05) is 18.1 Å². The maximum absolute atomic E-state index is 12.9. The van der Waals surface area contributed by atoms with E-state index in [4.69, 9.17) is 11.6 Å². The number of rotatable bonds is 1. The third-order valence-electron chi connectivity index (χ3n) is 3.21. The van der Waals surface area contributed by atoms with Crippen LogP contribution in [-0.4, -0.2) is 35.2 Å². The van der Waals surface area contributed by atoms with Crippen molar-refractivity contribution in [3.63, 3.8) is 0 Å². The molecule has 1 fully saturated rings. The summed E-state index contributed by atoms with van der Waals surface area (Å²) in [6.07, 6.45) is -4.06. The second-order valence-corrected chi connectivity index (χ2v) is 5.30. The zero-order valence-electron chi connectivity index (χ0n) is 11.0. The molecule has 1 aromatic rings. The molecule has 2 amide bonds. The molecule has 0 radical (unpaired) electrons. The first-order valence-corrected chi connectivity index (χ1v) is 6.76. The van der Waals surface area contributed by atoms with Gasteiger partial charge in [0.1, 0.15) is 0 Å². The van der Waals surface area contributed by atoms with Crippen LogP contribution in [0.3, 0.4) is 0 Å². The van der Waals surface area contributed by atoms with Crippen LogP contribution >= 0.6 is 11.6 Å². The predicted molar refractivity (Wildman–Crippen MR) is 72.3 cm³/mol. The quantitative estimate of drug-likeness (QED) is 0.833. The molecule has 0 bridgehead atoms. The van der Waals surface area contributed by atoms with E-state index < -0.39 is 23.9 Å². The number of carbonyl (C=O) groups excluding carboxylic acids is 1. The van der Waals surface area contributed by atoms with Crippen LogP contribution in [0.1, 0.15) is 18.4 Å². The first-order valence-electron chi connectivity index (χ1n) is 6.38. The SMILES string of the molecule is O=C(Nc1ccc(Cl)cc1C(F)(F)F)N1CCCC(O)C1. The van der Waals surface area contributed by atoms with Crippen molar-refractivity contribution in [2.45, 2.75) is 25.1 Å². The Morgan fingerprint density at radius 2 is 2.14 bits per heavy atom. The Morgan fingerprint density at radius 1 is 1.43 bits per heavy atom. The minimum atomic E-state index is -4.62. The standard InChI is InChI=1S/C13H14ClF3N2O2/c14-8-3-4-11(10(6-8)13(15,16)17)18-12(21)19-5-1-2-9(20)7-19/h3-4,6,9,20H,1-2,5,7H2,(H,18,21). The summed E-state index contributed by atoms with van der Waals surface area (Å²) >= 11 is 5.57. The van der Waals surface area contributed by atoms with Crippen LogP contribution in [0.15, 0.2) is 18.2 Å². The summed E-state index contributed by atoms with van der Waals surface area (Å²) in [6.45, 7) is 0.513. The summed E-state index contributed by atoms with van der Waals surface area (Å²) in [7, 11) is 0. The van der Waals surface area contributed by atoms with Crippen LogP contribution in [0, 0.1) is 0 Å². The van der Waals surface area contributed by atoms with E-state index in [0.29, 0.717) is 19.4 Å². The molecule has 0 aliphatic carbocycles. The maximum atomic E-state index is 12.9. The molecule has 1 atom stereocenters. The molecular weight excluding hydrogens is 309 g/mol. The van der Waals surface area contributed by atoms with Crippen molar-refractivity contribution in [1.82, 2.24) is 4.90 Å². The number of nitrogens with one attached hydrogen (secondary N) is 1. The minimum absolute atomic E-state index is 0.0614. The molecule has 2 N–H and O–H groups in total. The Balaban J connectivity index is 2.17. The molecule has 1 saturated heterocycles. The number of halogens is 4. The Labute approximate surface area is 124 Å². The third-order valence-corrected chi connectivity index (χ3v) is 3.45. The minimum Gasteiger partial charge on any atom is -0.391 e. The second kappa shape index (κ2) is 6.11. The number of alkyl halides is 3. The fourth-order valence-corrected chi connectivity index (χ4v) is 2.37. The number of aliphatic hydroxyl groups is 1. The zero-order valence-corrected chi connectivity index (χ0v) is 11.7. The monoisotopic (exact) mass is 322 g/mol. The van der Waals surface area contributed by atoms with Gasteiger partial charge in [0.15, 0.2) is 0 Å². The number of β-amino-alcohol motifs (C(OH)–C–C–N with tert-alkyl or cyclic N) is 1. The first kappa shape index (κ1) is 15.9. The highest BCUT2D eigenvalue weighted by atomic mass is 35.5. The van der Waals surface area contributed by atoms with E-state index >= 15 is 0 Å². The summed E-state index contributed by atoms with van der Waals surface area (Å²) in [5, 5.41) is 11.7. The van der Waals surface area contributed by atoms with Gasteiger partial charge in [-0.25, -0.2) is 4.79 Å². The van der Waals surface area contributed by atoms with E-state index in [1.165, 1.54) is 11.0 Å². The van der Waals surface area contributed by atoms with Gasteiger partial charge >= 0.3 is 12.2 Å². The third kappa shape index (κ3) is 4.01. The number of piperidine rings is 1. The molecule has 2 rings (SSSR count). The van der Waals surface area contributed by atoms with Gasteiger partial charge in [-0.05, 0) is 31.0 Å². The molecule has 0 aromatic heterocycles.